The van der Waals surface area contributed by atoms with Crippen LogP contribution in [-0.2, 0) is 0 Å². The van der Waals surface area contributed by atoms with Gasteiger partial charge in [-0.3, -0.25) is 0 Å². The van der Waals surface area contributed by atoms with Crippen molar-refractivity contribution in [3.63, 3.8) is 0 Å². The van der Waals surface area contributed by atoms with Gasteiger partial charge in [0.05, 0.1) is 12.1 Å². The van der Waals surface area contributed by atoms with E-state index >= 15 is 0 Å². The average molecular weight is 230 g/mol. The third-order valence-electron chi connectivity index (χ3n) is 2.55. The number of aliphatic hydroxyl groups excluding tert-OH is 1. The zero-order chi connectivity index (χ0) is 10.6. The summed E-state index contributed by atoms with van der Waals surface area (Å²) in [7, 11) is 0. The Morgan fingerprint density at radius 2 is 1.93 bits per heavy atom. The van der Waals surface area contributed by atoms with Crippen LogP contribution < -0.4 is 5.73 Å². The molecule has 2 atom stereocenters. The van der Waals surface area contributed by atoms with Crippen LogP contribution in [0.15, 0.2) is 24.3 Å². The summed E-state index contributed by atoms with van der Waals surface area (Å²) in [4.78, 5) is 0. The van der Waals surface area contributed by atoms with Crippen molar-refractivity contribution in [3.05, 3.63) is 35.4 Å². The summed E-state index contributed by atoms with van der Waals surface area (Å²) in [6.07, 6.45) is 1.29. The highest BCUT2D eigenvalue weighted by molar-refractivity contribution is 5.85. The van der Waals surface area contributed by atoms with Crippen molar-refractivity contribution in [1.29, 1.82) is 0 Å². The van der Waals surface area contributed by atoms with Crippen molar-refractivity contribution in [1.82, 2.24) is 0 Å². The van der Waals surface area contributed by atoms with Gasteiger partial charge >= 0.3 is 0 Å². The molecule has 0 fully saturated rings. The number of hydrogen-bond acceptors (Lipinski definition) is 2. The fourth-order valence-corrected chi connectivity index (χ4v) is 1.64. The maximum absolute atomic E-state index is 9.77. The third-order valence-corrected chi connectivity index (χ3v) is 2.55. The van der Waals surface area contributed by atoms with E-state index in [0.717, 1.165) is 24.0 Å². The zero-order valence-corrected chi connectivity index (χ0v) is 10.1. The first-order chi connectivity index (χ1) is 6.66. The first-order valence-electron chi connectivity index (χ1n) is 5.16. The molecule has 0 unspecified atom stereocenters. The second-order valence-corrected chi connectivity index (χ2v) is 3.74. The van der Waals surface area contributed by atoms with E-state index in [1.807, 2.05) is 38.1 Å². The van der Waals surface area contributed by atoms with Crippen LogP contribution >= 0.6 is 12.4 Å². The molecule has 0 aliphatic heterocycles. The molecule has 0 aromatic heterocycles. The van der Waals surface area contributed by atoms with Crippen molar-refractivity contribution >= 4 is 12.4 Å². The minimum atomic E-state index is -0.430. The zero-order valence-electron chi connectivity index (χ0n) is 9.31. The molecule has 15 heavy (non-hydrogen) atoms. The largest absolute Gasteiger partial charge is 0.391 e. The SMILES string of the molecule is CCC[C@H](O)[C@H](N)c1ccccc1C.Cl. The van der Waals surface area contributed by atoms with E-state index in [2.05, 4.69) is 0 Å². The molecule has 1 rings (SSSR count). The van der Waals surface area contributed by atoms with Gasteiger partial charge in [0.1, 0.15) is 0 Å². The van der Waals surface area contributed by atoms with Crippen LogP contribution in [0, 0.1) is 6.92 Å². The molecule has 0 bridgehead atoms. The van der Waals surface area contributed by atoms with Crippen LogP contribution in [0.25, 0.3) is 0 Å². The fraction of sp³-hybridized carbons (Fsp3) is 0.500. The second kappa shape index (κ2) is 6.83. The van der Waals surface area contributed by atoms with E-state index in [1.54, 1.807) is 0 Å². The predicted octanol–water partition coefficient (Wildman–Crippen LogP) is 2.58. The molecule has 0 aliphatic rings. The van der Waals surface area contributed by atoms with Crippen molar-refractivity contribution in [2.45, 2.75) is 38.8 Å². The highest BCUT2D eigenvalue weighted by atomic mass is 35.5. The molecular formula is C12H20ClNO. The molecule has 0 aliphatic carbocycles. The summed E-state index contributed by atoms with van der Waals surface area (Å²) >= 11 is 0. The number of hydrogen-bond donors (Lipinski definition) is 2. The van der Waals surface area contributed by atoms with Gasteiger partial charge in [-0.05, 0) is 24.5 Å². The highest BCUT2D eigenvalue weighted by Gasteiger charge is 2.16. The van der Waals surface area contributed by atoms with Crippen molar-refractivity contribution in [3.8, 4) is 0 Å². The van der Waals surface area contributed by atoms with E-state index in [9.17, 15) is 5.11 Å². The topological polar surface area (TPSA) is 46.2 Å². The van der Waals surface area contributed by atoms with E-state index in [4.69, 9.17) is 5.73 Å². The van der Waals surface area contributed by atoms with Crippen molar-refractivity contribution in [2.75, 3.05) is 0 Å². The van der Waals surface area contributed by atoms with Crippen molar-refractivity contribution in [2.24, 2.45) is 5.73 Å². The molecule has 0 saturated carbocycles. The van der Waals surface area contributed by atoms with Crippen LogP contribution in [0.5, 0.6) is 0 Å². The van der Waals surface area contributed by atoms with Gasteiger partial charge in [-0.25, -0.2) is 0 Å². The Labute approximate surface area is 97.9 Å². The molecule has 0 radical (unpaired) electrons. The summed E-state index contributed by atoms with van der Waals surface area (Å²) in [6, 6.07) is 7.70. The number of nitrogens with two attached hydrogens (primary N) is 1. The second-order valence-electron chi connectivity index (χ2n) is 3.74. The first-order valence-corrected chi connectivity index (χ1v) is 5.16. The highest BCUT2D eigenvalue weighted by Crippen LogP contribution is 2.20. The molecule has 86 valence electrons. The van der Waals surface area contributed by atoms with Crippen LogP contribution in [0.2, 0.25) is 0 Å². The predicted molar refractivity (Wildman–Crippen MR) is 66.3 cm³/mol. The average Bonchev–Trinajstić information content (AvgIpc) is 2.18. The Hall–Kier alpha value is -0.570. The molecule has 0 saturated heterocycles. The van der Waals surface area contributed by atoms with Crippen LogP contribution in [0.4, 0.5) is 0 Å². The minimum Gasteiger partial charge on any atom is -0.391 e. The number of halogens is 1. The summed E-state index contributed by atoms with van der Waals surface area (Å²) in [6.45, 7) is 4.07. The van der Waals surface area contributed by atoms with E-state index in [0.29, 0.717) is 0 Å². The van der Waals surface area contributed by atoms with Gasteiger partial charge in [0.2, 0.25) is 0 Å². The summed E-state index contributed by atoms with van der Waals surface area (Å²) < 4.78 is 0. The molecule has 0 heterocycles. The molecule has 2 nitrogen and oxygen atoms in total. The lowest BCUT2D eigenvalue weighted by molar-refractivity contribution is 0.134. The molecule has 0 amide bonds. The van der Waals surface area contributed by atoms with E-state index in [1.165, 1.54) is 0 Å². The van der Waals surface area contributed by atoms with Crippen LogP contribution in [0.3, 0.4) is 0 Å². The normalized spacial score (nSPS) is 14.1. The summed E-state index contributed by atoms with van der Waals surface area (Å²) in [5.41, 5.74) is 8.17. The Bertz CT molecular complexity index is 291. The van der Waals surface area contributed by atoms with Gasteiger partial charge in [-0.15, -0.1) is 12.4 Å². The maximum atomic E-state index is 9.77. The van der Waals surface area contributed by atoms with Crippen LogP contribution in [-0.4, -0.2) is 11.2 Å². The number of aryl methyl sites for hydroxylation is 1. The van der Waals surface area contributed by atoms with Gasteiger partial charge in [-0.1, -0.05) is 37.6 Å². The minimum absolute atomic E-state index is 0. The molecule has 3 heteroatoms. The Morgan fingerprint density at radius 1 is 1.33 bits per heavy atom. The molecule has 1 aromatic rings. The van der Waals surface area contributed by atoms with Gasteiger partial charge in [-0.2, -0.15) is 0 Å². The standard InChI is InChI=1S/C12H19NO.ClH/c1-3-6-11(14)12(13)10-8-5-4-7-9(10)2;/h4-5,7-8,11-12,14H,3,6,13H2,1-2H3;1H/t11-,12+;/m0./s1. The monoisotopic (exact) mass is 229 g/mol. The third kappa shape index (κ3) is 3.82. The lowest BCUT2D eigenvalue weighted by atomic mass is 9.96. The summed E-state index contributed by atoms with van der Waals surface area (Å²) in [5.74, 6) is 0. The first kappa shape index (κ1) is 14.4. The van der Waals surface area contributed by atoms with Gasteiger partial charge in [0, 0.05) is 0 Å². The Kier molecular flexibility index (Phi) is 6.57. The Balaban J connectivity index is 0.00000196. The van der Waals surface area contributed by atoms with Crippen LogP contribution in [0.1, 0.15) is 36.9 Å². The Morgan fingerprint density at radius 3 is 2.47 bits per heavy atom. The number of benzene rings is 1. The lowest BCUT2D eigenvalue weighted by Gasteiger charge is -2.20. The van der Waals surface area contributed by atoms with Gasteiger partial charge < -0.3 is 10.8 Å². The number of rotatable bonds is 4. The smallest absolute Gasteiger partial charge is 0.0732 e. The number of aliphatic hydroxyl groups is 1. The molecular weight excluding hydrogens is 210 g/mol. The van der Waals surface area contributed by atoms with Gasteiger partial charge in [0.15, 0.2) is 0 Å². The maximum Gasteiger partial charge on any atom is 0.0732 e. The van der Waals surface area contributed by atoms with Crippen molar-refractivity contribution < 1.29 is 5.11 Å². The lowest BCUT2D eigenvalue weighted by Crippen LogP contribution is -2.26. The van der Waals surface area contributed by atoms with E-state index < -0.39 is 6.10 Å². The van der Waals surface area contributed by atoms with E-state index in [-0.39, 0.29) is 18.4 Å². The molecule has 1 aromatic carbocycles. The molecule has 3 N–H and O–H groups in total. The molecule has 0 spiro atoms. The summed E-state index contributed by atoms with van der Waals surface area (Å²) in [5, 5.41) is 9.77. The van der Waals surface area contributed by atoms with Gasteiger partial charge in [0.25, 0.3) is 0 Å². The fourth-order valence-electron chi connectivity index (χ4n) is 1.64. The quantitative estimate of drug-likeness (QED) is 0.834.